The molecule has 0 unspecified atom stereocenters. The largest absolute Gasteiger partial charge is 0.372 e. The van der Waals surface area contributed by atoms with Crippen molar-refractivity contribution in [3.05, 3.63) is 47.5 Å². The molecule has 0 radical (unpaired) electrons. The Morgan fingerprint density at radius 1 is 0.667 bits per heavy atom. The van der Waals surface area contributed by atoms with Crippen LogP contribution < -0.4 is 20.4 Å². The van der Waals surface area contributed by atoms with Crippen LogP contribution >= 0.6 is 24.4 Å². The third kappa shape index (κ3) is 6.79. The lowest BCUT2D eigenvalue weighted by atomic mass is 10.1. The van der Waals surface area contributed by atoms with Crippen LogP contribution in [0.3, 0.4) is 0 Å². The number of nitrogens with one attached hydrogen (secondary N) is 2. The zero-order chi connectivity index (χ0) is 26.2. The summed E-state index contributed by atoms with van der Waals surface area (Å²) in [7, 11) is 0. The quantitative estimate of drug-likeness (QED) is 0.424. The lowest BCUT2D eigenvalue weighted by Gasteiger charge is -2.37. The summed E-state index contributed by atoms with van der Waals surface area (Å²) < 4.78 is 0. The van der Waals surface area contributed by atoms with Crippen molar-refractivity contribution >= 4 is 57.4 Å². The van der Waals surface area contributed by atoms with E-state index in [1.165, 1.54) is 22.5 Å². The van der Waals surface area contributed by atoms with E-state index in [0.29, 0.717) is 0 Å². The van der Waals surface area contributed by atoms with E-state index in [1.807, 2.05) is 0 Å². The zero-order valence-corrected chi connectivity index (χ0v) is 24.4. The van der Waals surface area contributed by atoms with Crippen molar-refractivity contribution in [3.8, 4) is 0 Å². The van der Waals surface area contributed by atoms with Gasteiger partial charge in [-0.1, -0.05) is 0 Å². The summed E-state index contributed by atoms with van der Waals surface area (Å²) in [6.07, 6.45) is 0. The first kappa shape index (κ1) is 28.0. The molecule has 6 nitrogen and oxygen atoms in total. The molecule has 1 aliphatic heterocycles. The van der Waals surface area contributed by atoms with Gasteiger partial charge in [0.05, 0.1) is 0 Å². The fraction of sp³-hybridized carbons (Fsp3) is 0.500. The molecule has 0 spiro atoms. The standard InChI is InChI=1S/C28H42N6S2/c1-7-31(8-2)23-11-13-25(21(5)19-23)29-27(35)33-15-17-34(18-16-33)28(36)30-26-14-12-24(20-22(26)6)32(9-3)10-4/h11-14,19-20H,7-10,15-18H2,1-6H3,(H,29,35)(H,30,36). The molecule has 3 rings (SSSR count). The molecular weight excluding hydrogens is 484 g/mol. The third-order valence-corrected chi connectivity index (χ3v) is 7.73. The van der Waals surface area contributed by atoms with E-state index in [-0.39, 0.29) is 0 Å². The van der Waals surface area contributed by atoms with Crippen molar-refractivity contribution in [2.75, 3.05) is 72.8 Å². The number of thiocarbonyl (C=S) groups is 2. The van der Waals surface area contributed by atoms with Crippen LogP contribution in [-0.4, -0.2) is 72.4 Å². The van der Waals surface area contributed by atoms with Crippen LogP contribution in [0.1, 0.15) is 38.8 Å². The monoisotopic (exact) mass is 526 g/mol. The molecule has 1 heterocycles. The van der Waals surface area contributed by atoms with Crippen LogP contribution in [0.25, 0.3) is 0 Å². The van der Waals surface area contributed by atoms with Gasteiger partial charge in [0.15, 0.2) is 10.2 Å². The lowest BCUT2D eigenvalue weighted by Crippen LogP contribution is -2.52. The van der Waals surface area contributed by atoms with E-state index >= 15 is 0 Å². The number of benzene rings is 2. The second-order valence-corrected chi connectivity index (χ2v) is 9.95. The summed E-state index contributed by atoms with van der Waals surface area (Å²) in [6.45, 7) is 20.4. The molecule has 1 saturated heterocycles. The predicted molar refractivity (Wildman–Crippen MR) is 165 cm³/mol. The Morgan fingerprint density at radius 2 is 1.00 bits per heavy atom. The van der Waals surface area contributed by atoms with Crippen molar-refractivity contribution in [1.82, 2.24) is 9.80 Å². The van der Waals surface area contributed by atoms with Gasteiger partial charge in [0.25, 0.3) is 0 Å². The van der Waals surface area contributed by atoms with Gasteiger partial charge in [0, 0.05) is 75.1 Å². The van der Waals surface area contributed by atoms with E-state index in [0.717, 1.165) is 74.0 Å². The van der Waals surface area contributed by atoms with Gasteiger partial charge in [0.2, 0.25) is 0 Å². The number of hydrogen-bond acceptors (Lipinski definition) is 4. The molecule has 0 aromatic heterocycles. The molecule has 1 aliphatic rings. The van der Waals surface area contributed by atoms with Crippen molar-refractivity contribution < 1.29 is 0 Å². The Morgan fingerprint density at radius 3 is 1.28 bits per heavy atom. The molecule has 8 heteroatoms. The Balaban J connectivity index is 1.53. The van der Waals surface area contributed by atoms with Gasteiger partial charge in [-0.05, 0) is 114 Å². The lowest BCUT2D eigenvalue weighted by molar-refractivity contribution is 0.264. The molecule has 2 aromatic carbocycles. The number of piperazine rings is 1. The minimum absolute atomic E-state index is 0.773. The van der Waals surface area contributed by atoms with Gasteiger partial charge in [-0.15, -0.1) is 0 Å². The Bertz CT molecular complexity index is 957. The molecule has 0 saturated carbocycles. The summed E-state index contributed by atoms with van der Waals surface area (Å²) in [5, 5.41) is 8.48. The molecular formula is C28H42N6S2. The maximum absolute atomic E-state index is 5.76. The maximum Gasteiger partial charge on any atom is 0.173 e. The molecule has 0 bridgehead atoms. The van der Waals surface area contributed by atoms with E-state index in [4.69, 9.17) is 24.4 Å². The average Bonchev–Trinajstić information content (AvgIpc) is 2.88. The summed E-state index contributed by atoms with van der Waals surface area (Å²) in [6, 6.07) is 13.1. The predicted octanol–water partition coefficient (Wildman–Crippen LogP) is 5.71. The highest BCUT2D eigenvalue weighted by molar-refractivity contribution is 7.80. The first-order chi connectivity index (χ1) is 17.3. The zero-order valence-electron chi connectivity index (χ0n) is 22.7. The second kappa shape index (κ2) is 13.1. The molecule has 2 N–H and O–H groups in total. The highest BCUT2D eigenvalue weighted by atomic mass is 32.1. The summed E-state index contributed by atoms with van der Waals surface area (Å²) >= 11 is 11.5. The highest BCUT2D eigenvalue weighted by Crippen LogP contribution is 2.24. The van der Waals surface area contributed by atoms with E-state index < -0.39 is 0 Å². The van der Waals surface area contributed by atoms with Crippen LogP contribution in [0.15, 0.2) is 36.4 Å². The van der Waals surface area contributed by atoms with Crippen LogP contribution in [-0.2, 0) is 0 Å². The molecule has 196 valence electrons. The molecule has 36 heavy (non-hydrogen) atoms. The van der Waals surface area contributed by atoms with Crippen LogP contribution in [0.2, 0.25) is 0 Å². The van der Waals surface area contributed by atoms with E-state index in [2.05, 4.69) is 108 Å². The number of rotatable bonds is 8. The fourth-order valence-electron chi connectivity index (χ4n) is 4.65. The van der Waals surface area contributed by atoms with E-state index in [9.17, 15) is 0 Å². The minimum Gasteiger partial charge on any atom is -0.372 e. The first-order valence-corrected chi connectivity index (χ1v) is 14.0. The van der Waals surface area contributed by atoms with Gasteiger partial charge in [0.1, 0.15) is 0 Å². The topological polar surface area (TPSA) is 37.0 Å². The van der Waals surface area contributed by atoms with Crippen molar-refractivity contribution in [1.29, 1.82) is 0 Å². The highest BCUT2D eigenvalue weighted by Gasteiger charge is 2.21. The van der Waals surface area contributed by atoms with Gasteiger partial charge in [-0.25, -0.2) is 0 Å². The summed E-state index contributed by atoms with van der Waals surface area (Å²) in [4.78, 5) is 9.17. The molecule has 0 atom stereocenters. The smallest absolute Gasteiger partial charge is 0.173 e. The second-order valence-electron chi connectivity index (χ2n) is 9.18. The molecule has 0 amide bonds. The van der Waals surface area contributed by atoms with Gasteiger partial charge >= 0.3 is 0 Å². The SMILES string of the molecule is CCN(CC)c1ccc(NC(=S)N2CCN(C(=S)Nc3ccc(N(CC)CC)cc3C)CC2)c(C)c1. The number of hydrogen-bond donors (Lipinski definition) is 2. The van der Waals surface area contributed by atoms with Crippen LogP contribution in [0.5, 0.6) is 0 Å². The fourth-order valence-corrected chi connectivity index (χ4v) is 5.23. The summed E-state index contributed by atoms with van der Waals surface area (Å²) in [5.74, 6) is 0. The normalized spacial score (nSPS) is 13.4. The number of aryl methyl sites for hydroxylation is 2. The van der Waals surface area contributed by atoms with Crippen LogP contribution in [0.4, 0.5) is 22.7 Å². The van der Waals surface area contributed by atoms with Crippen LogP contribution in [0, 0.1) is 13.8 Å². The third-order valence-electron chi connectivity index (χ3n) is 7.01. The Hall–Kier alpha value is -2.58. The average molecular weight is 527 g/mol. The van der Waals surface area contributed by atoms with E-state index in [1.54, 1.807) is 0 Å². The Labute approximate surface area is 228 Å². The summed E-state index contributed by atoms with van der Waals surface area (Å²) in [5.41, 5.74) is 7.04. The van der Waals surface area contributed by atoms with Crippen molar-refractivity contribution in [2.24, 2.45) is 0 Å². The molecule has 1 fully saturated rings. The number of nitrogens with zero attached hydrogens (tertiary/aromatic N) is 4. The Kier molecular flexibility index (Phi) is 10.2. The van der Waals surface area contributed by atoms with Crippen molar-refractivity contribution in [2.45, 2.75) is 41.5 Å². The maximum atomic E-state index is 5.76. The first-order valence-electron chi connectivity index (χ1n) is 13.1. The molecule has 0 aliphatic carbocycles. The van der Waals surface area contributed by atoms with Crippen molar-refractivity contribution in [3.63, 3.8) is 0 Å². The molecule has 2 aromatic rings. The minimum atomic E-state index is 0.773. The van der Waals surface area contributed by atoms with Gasteiger partial charge < -0.3 is 30.2 Å². The van der Waals surface area contributed by atoms with Gasteiger partial charge in [-0.2, -0.15) is 0 Å². The number of anilines is 4. The van der Waals surface area contributed by atoms with Gasteiger partial charge in [-0.3, -0.25) is 0 Å².